The number of nitrogens with zero attached hydrogens (tertiary/aromatic N) is 2. The lowest BCUT2D eigenvalue weighted by atomic mass is 10.1. The number of benzene rings is 2. The molecule has 0 atom stereocenters. The highest BCUT2D eigenvalue weighted by atomic mass is 16.5. The molecule has 0 unspecified atom stereocenters. The van der Waals surface area contributed by atoms with Crippen LogP contribution in [0.5, 0.6) is 11.5 Å². The largest absolute Gasteiger partial charge is 0.493 e. The molecule has 0 spiro atoms. The number of carbonyl (C=O) groups excluding carboxylic acids is 1. The van der Waals surface area contributed by atoms with Crippen LogP contribution >= 0.6 is 0 Å². The fraction of sp³-hybridized carbons (Fsp3) is 0.158. The molecule has 0 aliphatic rings. The first kappa shape index (κ1) is 16.6. The van der Waals surface area contributed by atoms with Gasteiger partial charge < -0.3 is 14.8 Å². The standard InChI is InChI=1S/C19H19N3O3/c1-24-17-9-4-14(12-18(17)25-2)13-20-19(23)15-5-7-16(8-6-15)22-11-3-10-21-22/h3-12H,13H2,1-2H3,(H,20,23). The van der Waals surface area contributed by atoms with Gasteiger partial charge >= 0.3 is 0 Å². The van der Waals surface area contributed by atoms with Crippen molar-refractivity contribution < 1.29 is 14.3 Å². The van der Waals surface area contributed by atoms with Crippen LogP contribution < -0.4 is 14.8 Å². The summed E-state index contributed by atoms with van der Waals surface area (Å²) in [5.41, 5.74) is 2.43. The van der Waals surface area contributed by atoms with E-state index in [4.69, 9.17) is 9.47 Å². The van der Waals surface area contributed by atoms with Crippen molar-refractivity contribution in [1.29, 1.82) is 0 Å². The van der Waals surface area contributed by atoms with Crippen molar-refractivity contribution in [2.45, 2.75) is 6.54 Å². The first-order chi connectivity index (χ1) is 12.2. The second-order valence-corrected chi connectivity index (χ2v) is 5.37. The zero-order valence-electron chi connectivity index (χ0n) is 14.1. The third-order valence-corrected chi connectivity index (χ3v) is 3.80. The van der Waals surface area contributed by atoms with Crippen molar-refractivity contribution in [1.82, 2.24) is 15.1 Å². The van der Waals surface area contributed by atoms with Gasteiger partial charge in [-0.05, 0) is 48.0 Å². The lowest BCUT2D eigenvalue weighted by molar-refractivity contribution is 0.0951. The van der Waals surface area contributed by atoms with Gasteiger partial charge in [-0.1, -0.05) is 6.07 Å². The van der Waals surface area contributed by atoms with Crippen molar-refractivity contribution >= 4 is 5.91 Å². The fourth-order valence-electron chi connectivity index (χ4n) is 2.46. The molecule has 25 heavy (non-hydrogen) atoms. The summed E-state index contributed by atoms with van der Waals surface area (Å²) in [6.07, 6.45) is 3.57. The Morgan fingerprint density at radius 3 is 2.48 bits per heavy atom. The first-order valence-corrected chi connectivity index (χ1v) is 7.80. The van der Waals surface area contributed by atoms with Crippen LogP contribution in [-0.4, -0.2) is 29.9 Å². The molecule has 0 bridgehead atoms. The van der Waals surface area contributed by atoms with Crippen LogP contribution in [0.15, 0.2) is 60.9 Å². The summed E-state index contributed by atoms with van der Waals surface area (Å²) >= 11 is 0. The second-order valence-electron chi connectivity index (χ2n) is 5.37. The van der Waals surface area contributed by atoms with Crippen LogP contribution in [0.2, 0.25) is 0 Å². The van der Waals surface area contributed by atoms with E-state index in [2.05, 4.69) is 10.4 Å². The smallest absolute Gasteiger partial charge is 0.251 e. The Labute approximate surface area is 146 Å². The van der Waals surface area contributed by atoms with Gasteiger partial charge in [0, 0.05) is 24.5 Å². The monoisotopic (exact) mass is 337 g/mol. The maximum atomic E-state index is 12.3. The normalized spacial score (nSPS) is 10.3. The van der Waals surface area contributed by atoms with E-state index < -0.39 is 0 Å². The van der Waals surface area contributed by atoms with Crippen LogP contribution in [0.4, 0.5) is 0 Å². The summed E-state index contributed by atoms with van der Waals surface area (Å²) in [6, 6.07) is 14.7. The average molecular weight is 337 g/mol. The number of nitrogens with one attached hydrogen (secondary N) is 1. The fourth-order valence-corrected chi connectivity index (χ4v) is 2.46. The Balaban J connectivity index is 1.64. The van der Waals surface area contributed by atoms with E-state index in [0.717, 1.165) is 11.3 Å². The van der Waals surface area contributed by atoms with Crippen molar-refractivity contribution in [2.24, 2.45) is 0 Å². The van der Waals surface area contributed by atoms with Crippen LogP contribution in [-0.2, 0) is 6.54 Å². The summed E-state index contributed by atoms with van der Waals surface area (Å²) < 4.78 is 12.2. The molecule has 1 aromatic heterocycles. The van der Waals surface area contributed by atoms with Crippen LogP contribution in [0.25, 0.3) is 5.69 Å². The SMILES string of the molecule is COc1ccc(CNC(=O)c2ccc(-n3cccn3)cc2)cc1OC. The van der Waals surface area contributed by atoms with E-state index in [1.54, 1.807) is 37.2 Å². The van der Waals surface area contributed by atoms with Crippen molar-refractivity contribution in [3.05, 3.63) is 72.1 Å². The van der Waals surface area contributed by atoms with Crippen LogP contribution in [0.3, 0.4) is 0 Å². The van der Waals surface area contributed by atoms with Crippen LogP contribution in [0, 0.1) is 0 Å². The average Bonchev–Trinajstić information content (AvgIpc) is 3.20. The van der Waals surface area contributed by atoms with E-state index in [-0.39, 0.29) is 5.91 Å². The number of carbonyl (C=O) groups is 1. The molecule has 0 radical (unpaired) electrons. The molecular weight excluding hydrogens is 318 g/mol. The van der Waals surface area contributed by atoms with Gasteiger partial charge in [0.15, 0.2) is 11.5 Å². The molecule has 0 saturated heterocycles. The minimum Gasteiger partial charge on any atom is -0.493 e. The lowest BCUT2D eigenvalue weighted by Crippen LogP contribution is -2.22. The van der Waals surface area contributed by atoms with E-state index in [1.165, 1.54) is 0 Å². The van der Waals surface area contributed by atoms with E-state index in [9.17, 15) is 4.79 Å². The van der Waals surface area contributed by atoms with E-state index >= 15 is 0 Å². The molecule has 1 N–H and O–H groups in total. The number of hydrogen-bond donors (Lipinski definition) is 1. The molecule has 0 saturated carbocycles. The highest BCUT2D eigenvalue weighted by Crippen LogP contribution is 2.27. The minimum atomic E-state index is -0.137. The molecule has 1 heterocycles. The molecule has 3 aromatic rings. The summed E-state index contributed by atoms with van der Waals surface area (Å²) in [4.78, 5) is 12.3. The molecule has 0 aliphatic carbocycles. The minimum absolute atomic E-state index is 0.137. The van der Waals surface area contributed by atoms with Crippen molar-refractivity contribution in [3.8, 4) is 17.2 Å². The van der Waals surface area contributed by atoms with Gasteiger partial charge in [-0.2, -0.15) is 5.10 Å². The highest BCUT2D eigenvalue weighted by molar-refractivity contribution is 5.94. The molecule has 0 aliphatic heterocycles. The number of amides is 1. The first-order valence-electron chi connectivity index (χ1n) is 7.80. The molecule has 1 amide bonds. The zero-order valence-corrected chi connectivity index (χ0v) is 14.1. The Kier molecular flexibility index (Phi) is 4.99. The Hall–Kier alpha value is -3.28. The van der Waals surface area contributed by atoms with Crippen LogP contribution in [0.1, 0.15) is 15.9 Å². The Morgan fingerprint density at radius 2 is 1.84 bits per heavy atom. The second kappa shape index (κ2) is 7.53. The number of hydrogen-bond acceptors (Lipinski definition) is 4. The van der Waals surface area contributed by atoms with Gasteiger partial charge in [0.1, 0.15) is 0 Å². The maximum Gasteiger partial charge on any atom is 0.251 e. The molecule has 6 nitrogen and oxygen atoms in total. The van der Waals surface area contributed by atoms with Gasteiger partial charge in [-0.15, -0.1) is 0 Å². The van der Waals surface area contributed by atoms with Crippen molar-refractivity contribution in [2.75, 3.05) is 14.2 Å². The maximum absolute atomic E-state index is 12.3. The third-order valence-electron chi connectivity index (χ3n) is 3.80. The molecule has 2 aromatic carbocycles. The predicted molar refractivity (Wildman–Crippen MR) is 94.3 cm³/mol. The topological polar surface area (TPSA) is 65.4 Å². The summed E-state index contributed by atoms with van der Waals surface area (Å²) in [6.45, 7) is 0.403. The number of rotatable bonds is 6. The van der Waals surface area contributed by atoms with Gasteiger partial charge in [-0.25, -0.2) is 4.68 Å². The van der Waals surface area contributed by atoms with E-state index in [0.29, 0.717) is 23.6 Å². The zero-order chi connectivity index (χ0) is 17.6. The van der Waals surface area contributed by atoms with Gasteiger partial charge in [0.2, 0.25) is 0 Å². The molecule has 0 fully saturated rings. The van der Waals surface area contributed by atoms with E-state index in [1.807, 2.05) is 42.6 Å². The lowest BCUT2D eigenvalue weighted by Gasteiger charge is -2.10. The van der Waals surface area contributed by atoms with Crippen molar-refractivity contribution in [3.63, 3.8) is 0 Å². The quantitative estimate of drug-likeness (QED) is 0.751. The molecule has 3 rings (SSSR count). The highest BCUT2D eigenvalue weighted by Gasteiger charge is 2.08. The number of aromatic nitrogens is 2. The van der Waals surface area contributed by atoms with Gasteiger partial charge in [0.25, 0.3) is 5.91 Å². The number of methoxy groups -OCH3 is 2. The van der Waals surface area contributed by atoms with Gasteiger partial charge in [-0.3, -0.25) is 4.79 Å². The summed E-state index contributed by atoms with van der Waals surface area (Å²) in [7, 11) is 3.17. The third kappa shape index (κ3) is 3.80. The summed E-state index contributed by atoms with van der Waals surface area (Å²) in [5.74, 6) is 1.16. The molecule has 6 heteroatoms. The van der Waals surface area contributed by atoms with Gasteiger partial charge in [0.05, 0.1) is 19.9 Å². The Morgan fingerprint density at radius 1 is 1.08 bits per heavy atom. The Bertz CT molecular complexity index is 843. The molecule has 128 valence electrons. The number of ether oxygens (including phenoxy) is 2. The predicted octanol–water partition coefficient (Wildman–Crippen LogP) is 2.82. The molecular formula is C19H19N3O3. The summed E-state index contributed by atoms with van der Waals surface area (Å²) in [5, 5.41) is 7.06.